The Labute approximate surface area is 178 Å². The molecule has 28 heavy (non-hydrogen) atoms. The first kappa shape index (κ1) is 20.6. The molecule has 3 aromatic rings. The SMILES string of the molecule is CC/C(=N/NC(=O)c1sc2cc(Cl)ccc2c1Cl)c1ccc(OC(C)C)cc1. The summed E-state index contributed by atoms with van der Waals surface area (Å²) in [4.78, 5) is 13.0. The maximum atomic E-state index is 12.6. The Morgan fingerprint density at radius 1 is 1.18 bits per heavy atom. The first-order chi connectivity index (χ1) is 13.4. The van der Waals surface area contributed by atoms with Crippen molar-refractivity contribution in [2.75, 3.05) is 0 Å². The lowest BCUT2D eigenvalue weighted by Gasteiger charge is -2.10. The van der Waals surface area contributed by atoms with E-state index >= 15 is 0 Å². The summed E-state index contributed by atoms with van der Waals surface area (Å²) in [5, 5.41) is 6.13. The van der Waals surface area contributed by atoms with Crippen molar-refractivity contribution in [3.05, 3.63) is 63.0 Å². The molecule has 0 atom stereocenters. The molecule has 3 rings (SSSR count). The van der Waals surface area contributed by atoms with E-state index in [-0.39, 0.29) is 12.0 Å². The zero-order chi connectivity index (χ0) is 20.3. The topological polar surface area (TPSA) is 50.7 Å². The summed E-state index contributed by atoms with van der Waals surface area (Å²) >= 11 is 13.7. The van der Waals surface area contributed by atoms with Crippen LogP contribution in [-0.2, 0) is 0 Å². The lowest BCUT2D eigenvalue weighted by molar-refractivity contribution is 0.0959. The van der Waals surface area contributed by atoms with Crippen LogP contribution in [0.2, 0.25) is 10.0 Å². The van der Waals surface area contributed by atoms with Crippen molar-refractivity contribution in [2.45, 2.75) is 33.3 Å². The van der Waals surface area contributed by atoms with Crippen molar-refractivity contribution in [1.29, 1.82) is 0 Å². The van der Waals surface area contributed by atoms with Crippen LogP contribution in [0.1, 0.15) is 42.4 Å². The standard InChI is InChI=1S/C21H20Cl2N2O2S/c1-4-17(13-5-8-15(9-6-13)27-12(2)3)24-25-21(26)20-19(23)16-10-7-14(22)11-18(16)28-20/h5-12H,4H2,1-3H3,(H,25,26)/b24-17-. The summed E-state index contributed by atoms with van der Waals surface area (Å²) in [6.07, 6.45) is 0.783. The number of amides is 1. The largest absolute Gasteiger partial charge is 0.491 e. The average molecular weight is 435 g/mol. The van der Waals surface area contributed by atoms with Gasteiger partial charge in [0.25, 0.3) is 5.91 Å². The molecule has 146 valence electrons. The monoisotopic (exact) mass is 434 g/mol. The predicted octanol–water partition coefficient (Wildman–Crippen LogP) is 6.54. The third-order valence-electron chi connectivity index (χ3n) is 3.98. The van der Waals surface area contributed by atoms with Gasteiger partial charge in [0.15, 0.2) is 0 Å². The maximum Gasteiger partial charge on any atom is 0.283 e. The quantitative estimate of drug-likeness (QED) is 0.353. The van der Waals surface area contributed by atoms with Gasteiger partial charge in [-0.05, 0) is 62.2 Å². The first-order valence-electron chi connectivity index (χ1n) is 8.90. The lowest BCUT2D eigenvalue weighted by Crippen LogP contribution is -2.19. The highest BCUT2D eigenvalue weighted by molar-refractivity contribution is 7.21. The van der Waals surface area contributed by atoms with Gasteiger partial charge in [-0.15, -0.1) is 11.3 Å². The lowest BCUT2D eigenvalue weighted by atomic mass is 10.1. The second-order valence-corrected chi connectivity index (χ2v) is 8.30. The smallest absolute Gasteiger partial charge is 0.283 e. The maximum absolute atomic E-state index is 12.6. The number of benzene rings is 2. The molecular formula is C21H20Cl2N2O2S. The molecule has 0 saturated heterocycles. The van der Waals surface area contributed by atoms with Crippen LogP contribution in [0.4, 0.5) is 0 Å². The van der Waals surface area contributed by atoms with E-state index < -0.39 is 0 Å². The summed E-state index contributed by atoms with van der Waals surface area (Å²) < 4.78 is 6.52. The fourth-order valence-corrected chi connectivity index (χ4v) is 4.38. The highest BCUT2D eigenvalue weighted by Gasteiger charge is 2.17. The van der Waals surface area contributed by atoms with Crippen LogP contribution in [-0.4, -0.2) is 17.7 Å². The zero-order valence-corrected chi connectivity index (χ0v) is 18.1. The Hall–Kier alpha value is -2.08. The number of halogens is 2. The molecule has 0 fully saturated rings. The number of hydrazone groups is 1. The highest BCUT2D eigenvalue weighted by atomic mass is 35.5. The van der Waals surface area contributed by atoms with Crippen LogP contribution in [0.5, 0.6) is 5.75 Å². The van der Waals surface area contributed by atoms with Gasteiger partial charge in [0, 0.05) is 15.1 Å². The van der Waals surface area contributed by atoms with E-state index in [0.29, 0.717) is 21.3 Å². The van der Waals surface area contributed by atoms with Crippen molar-refractivity contribution < 1.29 is 9.53 Å². The van der Waals surface area contributed by atoms with Gasteiger partial charge in [-0.3, -0.25) is 4.79 Å². The molecule has 0 aliphatic heterocycles. The second-order valence-electron chi connectivity index (χ2n) is 6.43. The van der Waals surface area contributed by atoms with Gasteiger partial charge in [0.2, 0.25) is 0 Å². The molecule has 0 radical (unpaired) electrons. The van der Waals surface area contributed by atoms with Crippen LogP contribution in [0.25, 0.3) is 10.1 Å². The van der Waals surface area contributed by atoms with Gasteiger partial charge < -0.3 is 4.74 Å². The van der Waals surface area contributed by atoms with Crippen LogP contribution in [0.3, 0.4) is 0 Å². The van der Waals surface area contributed by atoms with Crippen molar-refractivity contribution in [2.24, 2.45) is 5.10 Å². The number of nitrogens with zero attached hydrogens (tertiary/aromatic N) is 1. The number of thiophene rings is 1. The van der Waals surface area contributed by atoms with Crippen LogP contribution in [0.15, 0.2) is 47.6 Å². The van der Waals surface area contributed by atoms with Gasteiger partial charge >= 0.3 is 0 Å². The number of ether oxygens (including phenoxy) is 1. The van der Waals surface area contributed by atoms with Crippen LogP contribution < -0.4 is 10.2 Å². The molecule has 1 amide bonds. The molecule has 0 unspecified atom stereocenters. The Balaban J connectivity index is 1.79. The molecule has 7 heteroatoms. The third kappa shape index (κ3) is 4.66. The normalized spacial score (nSPS) is 11.9. The number of carbonyl (C=O) groups is 1. The van der Waals surface area contributed by atoms with E-state index in [1.165, 1.54) is 11.3 Å². The number of hydrogen-bond donors (Lipinski definition) is 1. The Bertz CT molecular complexity index is 1030. The van der Waals surface area contributed by atoms with E-state index in [9.17, 15) is 4.79 Å². The van der Waals surface area contributed by atoms with E-state index in [4.69, 9.17) is 27.9 Å². The van der Waals surface area contributed by atoms with E-state index in [0.717, 1.165) is 27.1 Å². The van der Waals surface area contributed by atoms with Crippen molar-refractivity contribution in [1.82, 2.24) is 5.43 Å². The summed E-state index contributed by atoms with van der Waals surface area (Å²) in [6.45, 7) is 5.95. The fraction of sp³-hybridized carbons (Fsp3) is 0.238. The average Bonchev–Trinajstić information content (AvgIpc) is 2.98. The Kier molecular flexibility index (Phi) is 6.60. The number of nitrogens with one attached hydrogen (secondary N) is 1. The number of rotatable bonds is 6. The van der Waals surface area contributed by atoms with Crippen molar-refractivity contribution in [3.8, 4) is 5.75 Å². The first-order valence-corrected chi connectivity index (χ1v) is 10.5. The number of hydrogen-bond acceptors (Lipinski definition) is 4. The number of carbonyl (C=O) groups excluding carboxylic acids is 1. The zero-order valence-electron chi connectivity index (χ0n) is 15.8. The van der Waals surface area contributed by atoms with E-state index in [1.807, 2.05) is 51.1 Å². The van der Waals surface area contributed by atoms with Crippen molar-refractivity contribution >= 4 is 56.2 Å². The van der Waals surface area contributed by atoms with Crippen molar-refractivity contribution in [3.63, 3.8) is 0 Å². The Morgan fingerprint density at radius 3 is 2.54 bits per heavy atom. The van der Waals surface area contributed by atoms with Gasteiger partial charge in [-0.2, -0.15) is 5.10 Å². The fourth-order valence-electron chi connectivity index (χ4n) is 2.70. The predicted molar refractivity (Wildman–Crippen MR) is 118 cm³/mol. The Morgan fingerprint density at radius 2 is 1.89 bits per heavy atom. The molecule has 0 bridgehead atoms. The molecule has 0 aliphatic carbocycles. The molecule has 0 aliphatic rings. The van der Waals surface area contributed by atoms with Crippen LogP contribution in [0, 0.1) is 0 Å². The molecular weight excluding hydrogens is 415 g/mol. The highest BCUT2D eigenvalue weighted by Crippen LogP contribution is 2.36. The minimum Gasteiger partial charge on any atom is -0.491 e. The van der Waals surface area contributed by atoms with Gasteiger partial charge in [0.1, 0.15) is 10.6 Å². The summed E-state index contributed by atoms with van der Waals surface area (Å²) in [7, 11) is 0. The molecule has 1 aromatic heterocycles. The van der Waals surface area contributed by atoms with E-state index in [2.05, 4.69) is 10.5 Å². The minimum absolute atomic E-state index is 0.116. The number of fused-ring (bicyclic) bond motifs is 1. The van der Waals surface area contributed by atoms with Gasteiger partial charge in [-0.1, -0.05) is 36.2 Å². The third-order valence-corrected chi connectivity index (χ3v) is 5.88. The van der Waals surface area contributed by atoms with Gasteiger partial charge in [-0.25, -0.2) is 5.43 Å². The van der Waals surface area contributed by atoms with E-state index in [1.54, 1.807) is 12.1 Å². The van der Waals surface area contributed by atoms with Crippen LogP contribution >= 0.6 is 34.5 Å². The molecule has 4 nitrogen and oxygen atoms in total. The molecule has 0 spiro atoms. The molecule has 1 N–H and O–H groups in total. The van der Waals surface area contributed by atoms with Gasteiger partial charge in [0.05, 0.1) is 16.8 Å². The minimum atomic E-state index is -0.340. The summed E-state index contributed by atoms with van der Waals surface area (Å²) in [6, 6.07) is 13.0. The summed E-state index contributed by atoms with van der Waals surface area (Å²) in [5.74, 6) is 0.460. The molecule has 2 aromatic carbocycles. The second kappa shape index (κ2) is 8.95. The molecule has 1 heterocycles. The molecule has 0 saturated carbocycles. The summed E-state index contributed by atoms with van der Waals surface area (Å²) in [5.41, 5.74) is 4.31.